The summed E-state index contributed by atoms with van der Waals surface area (Å²) in [6, 6.07) is 0. The van der Waals surface area contributed by atoms with E-state index in [1.54, 1.807) is 6.08 Å². The molecule has 0 aliphatic heterocycles. The third kappa shape index (κ3) is 12.3. The van der Waals surface area contributed by atoms with Gasteiger partial charge in [0.1, 0.15) is 0 Å². The summed E-state index contributed by atoms with van der Waals surface area (Å²) in [4.78, 5) is 0. The van der Waals surface area contributed by atoms with Gasteiger partial charge in [-0.2, -0.15) is 0 Å². The minimum atomic E-state index is -1.03. The fraction of sp³-hybridized carbons (Fsp3) is 0.619. The molecule has 0 N–H and O–H groups in total. The van der Waals surface area contributed by atoms with E-state index in [2.05, 4.69) is 58.6 Å². The molecule has 0 amide bonds. The van der Waals surface area contributed by atoms with Gasteiger partial charge < -0.3 is 0 Å². The zero-order valence-electron chi connectivity index (χ0n) is 16.4. The maximum absolute atomic E-state index is 5.19. The summed E-state index contributed by atoms with van der Waals surface area (Å²) in [5.41, 5.74) is 1.34. The molecule has 1 rings (SSSR count). The quantitative estimate of drug-likeness (QED) is 0.207. The Kier molecular flexibility index (Phi) is 19.3. The van der Waals surface area contributed by atoms with E-state index in [0.29, 0.717) is 0 Å². The molecule has 0 saturated carbocycles. The zero-order chi connectivity index (χ0) is 17.4. The molecule has 0 bridgehead atoms. The van der Waals surface area contributed by atoms with Gasteiger partial charge in [-0.1, -0.05) is 90.3 Å². The third-order valence-corrected chi connectivity index (χ3v) is 8.26. The van der Waals surface area contributed by atoms with Crippen LogP contribution in [0.1, 0.15) is 66.2 Å². The monoisotopic (exact) mass is 383 g/mol. The average Bonchev–Trinajstić information content (AvgIpc) is 3.02. The van der Waals surface area contributed by atoms with E-state index in [1.807, 2.05) is 6.08 Å². The second-order valence-electron chi connectivity index (χ2n) is 6.11. The van der Waals surface area contributed by atoms with Gasteiger partial charge in [-0.05, 0) is 38.0 Å². The van der Waals surface area contributed by atoms with Gasteiger partial charge in [0.2, 0.25) is 0 Å². The van der Waals surface area contributed by atoms with Crippen LogP contribution in [0.4, 0.5) is 0 Å². The van der Waals surface area contributed by atoms with E-state index in [4.69, 9.17) is 4.74 Å². The Morgan fingerprint density at radius 1 is 1.04 bits per heavy atom. The van der Waals surface area contributed by atoms with Gasteiger partial charge in [0.25, 0.3) is 0 Å². The first-order chi connectivity index (χ1) is 11.2. The first-order valence-electron chi connectivity index (χ1n) is 9.40. The van der Waals surface area contributed by atoms with E-state index in [-0.39, 0.29) is 21.7 Å². The molecular weight excluding hydrogens is 345 g/mol. The molecule has 0 radical (unpaired) electrons. The van der Waals surface area contributed by atoms with E-state index in [1.165, 1.54) is 56.3 Å². The first kappa shape index (κ1) is 26.1. The molecule has 0 unspecified atom stereocenters. The largest absolute Gasteiger partial charge is 0.272 e. The van der Waals surface area contributed by atoms with Gasteiger partial charge in [-0.15, -0.1) is 0 Å². The van der Waals surface area contributed by atoms with E-state index in [0.717, 1.165) is 6.42 Å². The van der Waals surface area contributed by atoms with Crippen molar-refractivity contribution in [3.63, 3.8) is 0 Å². The molecule has 1 nitrogen and oxygen atoms in total. The van der Waals surface area contributed by atoms with Crippen molar-refractivity contribution < 1.29 is 21.7 Å². The SMILES string of the molecule is C=CC=CCCC.CCCP(CCC)(CCC)=NC1=CC=CC1.[Ti]. The van der Waals surface area contributed by atoms with Crippen LogP contribution in [0.3, 0.4) is 0 Å². The molecule has 0 aromatic heterocycles. The summed E-state index contributed by atoms with van der Waals surface area (Å²) >= 11 is 0. The summed E-state index contributed by atoms with van der Waals surface area (Å²) in [5, 5.41) is 0. The Morgan fingerprint density at radius 2 is 1.62 bits per heavy atom. The van der Waals surface area contributed by atoms with E-state index in [9.17, 15) is 0 Å². The van der Waals surface area contributed by atoms with Crippen molar-refractivity contribution in [2.24, 2.45) is 4.74 Å². The van der Waals surface area contributed by atoms with Crippen LogP contribution in [0.2, 0.25) is 0 Å². The fourth-order valence-corrected chi connectivity index (χ4v) is 7.04. The Balaban J connectivity index is 0. The van der Waals surface area contributed by atoms with Crippen molar-refractivity contribution in [3.05, 3.63) is 48.7 Å². The van der Waals surface area contributed by atoms with Gasteiger partial charge in [0.15, 0.2) is 0 Å². The molecular formula is C21H38NPTi. The third-order valence-electron chi connectivity index (χ3n) is 3.74. The maximum atomic E-state index is 5.19. The second-order valence-corrected chi connectivity index (χ2v) is 9.84. The van der Waals surface area contributed by atoms with E-state index >= 15 is 0 Å². The van der Waals surface area contributed by atoms with Crippen LogP contribution in [0.5, 0.6) is 0 Å². The number of hydrogen-bond acceptors (Lipinski definition) is 1. The van der Waals surface area contributed by atoms with Crippen LogP contribution in [0.25, 0.3) is 0 Å². The number of rotatable bonds is 10. The molecule has 1 aliphatic carbocycles. The molecule has 0 fully saturated rings. The maximum Gasteiger partial charge on any atom is 0.0425 e. The van der Waals surface area contributed by atoms with Gasteiger partial charge in [-0.3, -0.25) is 4.74 Å². The van der Waals surface area contributed by atoms with Crippen molar-refractivity contribution in [2.45, 2.75) is 66.2 Å². The van der Waals surface area contributed by atoms with Crippen LogP contribution >= 0.6 is 7.05 Å². The van der Waals surface area contributed by atoms with Gasteiger partial charge >= 0.3 is 0 Å². The normalized spacial score (nSPS) is 13.1. The summed E-state index contributed by atoms with van der Waals surface area (Å²) in [5.74, 6) is 0. The number of unbranched alkanes of at least 4 members (excludes halogenated alkanes) is 1. The van der Waals surface area contributed by atoms with Crippen LogP contribution in [-0.2, 0) is 21.7 Å². The molecule has 24 heavy (non-hydrogen) atoms. The summed E-state index contributed by atoms with van der Waals surface area (Å²) in [6.45, 7) is 12.6. The van der Waals surface area contributed by atoms with Crippen LogP contribution in [0, 0.1) is 0 Å². The average molecular weight is 383 g/mol. The van der Waals surface area contributed by atoms with Crippen molar-refractivity contribution in [1.82, 2.24) is 0 Å². The second kappa shape index (κ2) is 17.7. The minimum Gasteiger partial charge on any atom is -0.272 e. The molecule has 0 aromatic carbocycles. The molecule has 0 atom stereocenters. The van der Waals surface area contributed by atoms with Crippen molar-refractivity contribution >= 4 is 7.05 Å². The van der Waals surface area contributed by atoms with E-state index < -0.39 is 7.05 Å². The van der Waals surface area contributed by atoms with Crippen molar-refractivity contribution in [3.8, 4) is 0 Å². The van der Waals surface area contributed by atoms with Gasteiger partial charge in [0, 0.05) is 33.8 Å². The Bertz CT molecular complexity index is 423. The number of allylic oxidation sites excluding steroid dienone is 6. The molecule has 1 aliphatic rings. The molecule has 0 spiro atoms. The van der Waals surface area contributed by atoms with Crippen molar-refractivity contribution in [1.29, 1.82) is 0 Å². The molecule has 0 heterocycles. The summed E-state index contributed by atoms with van der Waals surface area (Å²) in [6.07, 6.45) is 23.9. The Hall–Kier alpha value is -0.0957. The van der Waals surface area contributed by atoms with Crippen LogP contribution in [0.15, 0.2) is 53.5 Å². The van der Waals surface area contributed by atoms with Crippen molar-refractivity contribution in [2.75, 3.05) is 18.5 Å². The fourth-order valence-electron chi connectivity index (χ4n) is 2.88. The Labute approximate surface area is 166 Å². The van der Waals surface area contributed by atoms with Crippen LogP contribution in [-0.4, -0.2) is 18.5 Å². The summed E-state index contributed by atoms with van der Waals surface area (Å²) < 4.78 is 5.19. The molecule has 0 saturated heterocycles. The molecule has 0 aromatic rings. The van der Waals surface area contributed by atoms with Gasteiger partial charge in [-0.25, -0.2) is 0 Å². The summed E-state index contributed by atoms with van der Waals surface area (Å²) in [7, 11) is -1.03. The van der Waals surface area contributed by atoms with Gasteiger partial charge in [0.05, 0.1) is 0 Å². The van der Waals surface area contributed by atoms with Crippen LogP contribution < -0.4 is 0 Å². The predicted molar refractivity (Wildman–Crippen MR) is 111 cm³/mol. The minimum absolute atomic E-state index is 0. The Morgan fingerprint density at radius 3 is 2.00 bits per heavy atom. The standard InChI is InChI=1S/C14H26NP.C7H12.Ti/c1-4-11-16(12-5-2,13-6-3)15-14-9-7-8-10-14;1-3-5-7-6-4-2;/h7-9H,4-6,10-13H2,1-3H3;3,5,7H,1,4,6H2,2H3;. The molecule has 136 valence electrons. The first-order valence-corrected chi connectivity index (χ1v) is 11.7. The number of nitrogens with zero attached hydrogens (tertiary/aromatic N) is 1. The number of hydrogen-bond donors (Lipinski definition) is 0. The predicted octanol–water partition coefficient (Wildman–Crippen LogP) is 7.79. The topological polar surface area (TPSA) is 12.4 Å². The zero-order valence-corrected chi connectivity index (χ0v) is 18.9. The smallest absolute Gasteiger partial charge is 0.0425 e. The molecule has 3 heteroatoms.